The van der Waals surface area contributed by atoms with Crippen molar-refractivity contribution in [1.29, 1.82) is 0 Å². The summed E-state index contributed by atoms with van der Waals surface area (Å²) < 4.78 is 0. The average molecular weight is 296 g/mol. The van der Waals surface area contributed by atoms with E-state index in [0.717, 1.165) is 12.8 Å². The van der Waals surface area contributed by atoms with Crippen molar-refractivity contribution in [3.63, 3.8) is 0 Å². The Morgan fingerprint density at radius 2 is 2.05 bits per heavy atom. The van der Waals surface area contributed by atoms with Crippen molar-refractivity contribution in [2.24, 2.45) is 11.3 Å². The standard InChI is InChI=1S/C14H24N4O3/c1-13(2,3)9-4-6-14(21,7-5-9)8-15-11(19)10-16-12(20)18-17-10/h9,21H,4-8H2,1-3H3,(H,15,19)(H2,16,17,18,20). The van der Waals surface area contributed by atoms with Crippen LogP contribution in [-0.4, -0.2) is 38.3 Å². The Bertz CT molecular complexity index is 547. The van der Waals surface area contributed by atoms with Crippen LogP contribution in [0.1, 0.15) is 57.1 Å². The lowest BCUT2D eigenvalue weighted by molar-refractivity contribution is -0.0229. The van der Waals surface area contributed by atoms with E-state index < -0.39 is 17.2 Å². The van der Waals surface area contributed by atoms with Crippen LogP contribution in [0.5, 0.6) is 0 Å². The number of H-pyrrole nitrogens is 2. The number of aliphatic hydroxyl groups is 1. The fourth-order valence-corrected chi connectivity index (χ4v) is 2.90. The van der Waals surface area contributed by atoms with Crippen molar-refractivity contribution in [1.82, 2.24) is 20.5 Å². The van der Waals surface area contributed by atoms with Crippen LogP contribution in [0.15, 0.2) is 4.79 Å². The summed E-state index contributed by atoms with van der Waals surface area (Å²) in [5.74, 6) is 0.0443. The third-order valence-corrected chi connectivity index (χ3v) is 4.44. The Morgan fingerprint density at radius 3 is 2.52 bits per heavy atom. The highest BCUT2D eigenvalue weighted by atomic mass is 16.3. The molecule has 0 aliphatic heterocycles. The number of rotatable bonds is 3. The lowest BCUT2D eigenvalue weighted by Gasteiger charge is -2.41. The highest BCUT2D eigenvalue weighted by molar-refractivity contribution is 5.90. The van der Waals surface area contributed by atoms with Crippen LogP contribution in [0.2, 0.25) is 0 Å². The zero-order chi connectivity index (χ0) is 15.7. The molecule has 118 valence electrons. The lowest BCUT2D eigenvalue weighted by Crippen LogP contribution is -2.46. The molecule has 1 saturated carbocycles. The van der Waals surface area contributed by atoms with Crippen molar-refractivity contribution in [2.45, 2.75) is 52.1 Å². The Labute approximate surface area is 123 Å². The Kier molecular flexibility index (Phi) is 4.22. The van der Waals surface area contributed by atoms with Gasteiger partial charge in [-0.25, -0.2) is 9.89 Å². The van der Waals surface area contributed by atoms with Gasteiger partial charge in [0.2, 0.25) is 5.82 Å². The van der Waals surface area contributed by atoms with Crippen LogP contribution in [-0.2, 0) is 0 Å². The number of hydrogen-bond acceptors (Lipinski definition) is 4. The van der Waals surface area contributed by atoms with Crippen molar-refractivity contribution >= 4 is 5.91 Å². The molecule has 0 unspecified atom stereocenters. The molecule has 1 aliphatic carbocycles. The first-order chi connectivity index (χ1) is 9.70. The number of aromatic amines is 2. The molecule has 1 heterocycles. The normalized spacial score (nSPS) is 26.6. The number of carbonyl (C=O) groups excluding carboxylic acids is 1. The van der Waals surface area contributed by atoms with Gasteiger partial charge in [0.25, 0.3) is 5.91 Å². The lowest BCUT2D eigenvalue weighted by atomic mass is 9.68. The van der Waals surface area contributed by atoms with Gasteiger partial charge in [0.15, 0.2) is 0 Å². The summed E-state index contributed by atoms with van der Waals surface area (Å²) >= 11 is 0. The number of carbonyl (C=O) groups is 1. The maximum Gasteiger partial charge on any atom is 0.341 e. The van der Waals surface area contributed by atoms with Crippen molar-refractivity contribution < 1.29 is 9.90 Å². The topological polar surface area (TPSA) is 111 Å². The molecule has 21 heavy (non-hydrogen) atoms. The van der Waals surface area contributed by atoms with Crippen molar-refractivity contribution in [3.05, 3.63) is 16.3 Å². The first-order valence-corrected chi connectivity index (χ1v) is 7.35. The second kappa shape index (κ2) is 5.63. The third kappa shape index (κ3) is 3.93. The summed E-state index contributed by atoms with van der Waals surface area (Å²) in [6.07, 6.45) is 3.25. The molecule has 1 fully saturated rings. The maximum absolute atomic E-state index is 11.8. The summed E-state index contributed by atoms with van der Waals surface area (Å²) in [5, 5.41) is 18.9. The van der Waals surface area contributed by atoms with Crippen LogP contribution < -0.4 is 11.0 Å². The molecule has 0 bridgehead atoms. The molecule has 0 spiro atoms. The van der Waals surface area contributed by atoms with Gasteiger partial charge in [-0.15, -0.1) is 5.10 Å². The quantitative estimate of drug-likeness (QED) is 0.661. The molecular formula is C14H24N4O3. The number of hydrogen-bond donors (Lipinski definition) is 4. The smallest absolute Gasteiger partial charge is 0.341 e. The predicted octanol–water partition coefficient (Wildman–Crippen LogP) is 0.795. The van der Waals surface area contributed by atoms with E-state index in [-0.39, 0.29) is 17.8 Å². The minimum absolute atomic E-state index is 0.0630. The van der Waals surface area contributed by atoms with Gasteiger partial charge in [-0.05, 0) is 37.0 Å². The minimum atomic E-state index is -0.867. The van der Waals surface area contributed by atoms with Gasteiger partial charge in [-0.3, -0.25) is 9.78 Å². The second-order valence-electron chi connectivity index (χ2n) is 7.07. The van der Waals surface area contributed by atoms with E-state index in [9.17, 15) is 14.7 Å². The number of aromatic nitrogens is 3. The summed E-state index contributed by atoms with van der Waals surface area (Å²) in [6, 6.07) is 0. The first-order valence-electron chi connectivity index (χ1n) is 7.35. The summed E-state index contributed by atoms with van der Waals surface area (Å²) in [4.78, 5) is 25.0. The van der Waals surface area contributed by atoms with Gasteiger partial charge < -0.3 is 10.4 Å². The fraction of sp³-hybridized carbons (Fsp3) is 0.786. The molecule has 1 amide bonds. The Balaban J connectivity index is 1.86. The van der Waals surface area contributed by atoms with E-state index in [4.69, 9.17) is 0 Å². The third-order valence-electron chi connectivity index (χ3n) is 4.44. The van der Waals surface area contributed by atoms with Crippen LogP contribution in [0.3, 0.4) is 0 Å². The first kappa shape index (κ1) is 15.8. The van der Waals surface area contributed by atoms with Crippen LogP contribution in [0.4, 0.5) is 0 Å². The number of amides is 1. The van der Waals surface area contributed by atoms with Gasteiger partial charge >= 0.3 is 5.69 Å². The zero-order valence-electron chi connectivity index (χ0n) is 12.8. The van der Waals surface area contributed by atoms with Gasteiger partial charge in [0, 0.05) is 6.54 Å². The number of nitrogens with zero attached hydrogens (tertiary/aromatic N) is 1. The molecule has 7 nitrogen and oxygen atoms in total. The highest BCUT2D eigenvalue weighted by Gasteiger charge is 2.37. The zero-order valence-corrected chi connectivity index (χ0v) is 12.8. The van der Waals surface area contributed by atoms with E-state index in [1.54, 1.807) is 0 Å². The van der Waals surface area contributed by atoms with Crippen LogP contribution in [0.25, 0.3) is 0 Å². The molecule has 1 aromatic heterocycles. The Morgan fingerprint density at radius 1 is 1.43 bits per heavy atom. The molecule has 0 aromatic carbocycles. The van der Waals surface area contributed by atoms with Gasteiger partial charge in [-0.2, -0.15) is 0 Å². The monoisotopic (exact) mass is 296 g/mol. The maximum atomic E-state index is 11.8. The molecule has 0 radical (unpaired) electrons. The van der Waals surface area contributed by atoms with E-state index in [1.807, 2.05) is 0 Å². The molecule has 0 atom stereocenters. The largest absolute Gasteiger partial charge is 0.388 e. The van der Waals surface area contributed by atoms with Gasteiger partial charge in [0.1, 0.15) is 0 Å². The summed E-state index contributed by atoms with van der Waals surface area (Å²) in [6.45, 7) is 6.84. The van der Waals surface area contributed by atoms with Gasteiger partial charge in [-0.1, -0.05) is 20.8 Å². The second-order valence-corrected chi connectivity index (χ2v) is 7.07. The molecule has 7 heteroatoms. The summed E-state index contributed by atoms with van der Waals surface area (Å²) in [7, 11) is 0. The van der Waals surface area contributed by atoms with Crippen molar-refractivity contribution in [3.8, 4) is 0 Å². The molecule has 1 aliphatic rings. The molecule has 0 saturated heterocycles. The highest BCUT2D eigenvalue weighted by Crippen LogP contribution is 2.41. The average Bonchev–Trinajstić information content (AvgIpc) is 2.82. The van der Waals surface area contributed by atoms with Crippen molar-refractivity contribution in [2.75, 3.05) is 6.54 Å². The van der Waals surface area contributed by atoms with E-state index in [2.05, 4.69) is 41.3 Å². The minimum Gasteiger partial charge on any atom is -0.388 e. The molecule has 2 rings (SSSR count). The van der Waals surface area contributed by atoms with Crippen LogP contribution >= 0.6 is 0 Å². The fourth-order valence-electron chi connectivity index (χ4n) is 2.90. The molecule has 1 aromatic rings. The Hall–Kier alpha value is -1.63. The SMILES string of the molecule is CC(C)(C)C1CCC(O)(CNC(=O)c2n[nH]c(=O)[nH]2)CC1. The molecular weight excluding hydrogens is 272 g/mol. The number of nitrogens with one attached hydrogen (secondary N) is 3. The van der Waals surface area contributed by atoms with Crippen LogP contribution in [0, 0.1) is 11.3 Å². The summed E-state index contributed by atoms with van der Waals surface area (Å²) in [5.41, 5.74) is -1.14. The van der Waals surface area contributed by atoms with E-state index in [1.165, 1.54) is 0 Å². The van der Waals surface area contributed by atoms with E-state index >= 15 is 0 Å². The van der Waals surface area contributed by atoms with E-state index in [0.29, 0.717) is 18.8 Å². The molecule has 4 N–H and O–H groups in total. The van der Waals surface area contributed by atoms with Gasteiger partial charge in [0.05, 0.1) is 5.60 Å². The predicted molar refractivity (Wildman–Crippen MR) is 77.9 cm³/mol.